The zero-order valence-corrected chi connectivity index (χ0v) is 47.0. The Balaban J connectivity index is 1.28. The summed E-state index contributed by atoms with van der Waals surface area (Å²) < 4.78 is 0. The van der Waals surface area contributed by atoms with E-state index in [1.807, 2.05) is 20.1 Å². The summed E-state index contributed by atoms with van der Waals surface area (Å²) in [5, 5.41) is 48.7. The number of amides is 9. The molecule has 3 aromatic carbocycles. The molecule has 2 aliphatic heterocycles. The van der Waals surface area contributed by atoms with Crippen LogP contribution in [0.1, 0.15) is 76.0 Å². The molecule has 24 heteroatoms. The number of carbonyl (C=O) groups excluding carboxylic acids is 9. The van der Waals surface area contributed by atoms with Crippen molar-refractivity contribution in [3.8, 4) is 0 Å². The summed E-state index contributed by atoms with van der Waals surface area (Å²) in [6.07, 6.45) is 2.05. The first-order chi connectivity index (χ1) is 38.7. The molecule has 0 saturated carbocycles. The second-order valence-electron chi connectivity index (χ2n) is 20.8. The van der Waals surface area contributed by atoms with E-state index in [-0.39, 0.29) is 64.0 Å². The van der Waals surface area contributed by atoms with Gasteiger partial charge in [-0.15, -0.1) is 0 Å². The smallest absolute Gasteiger partial charge is 0.326 e. The Morgan fingerprint density at radius 1 is 0.580 bits per heavy atom. The number of nitrogens with two attached hydrogens (primary N) is 1. The molecule has 81 heavy (non-hydrogen) atoms. The summed E-state index contributed by atoms with van der Waals surface area (Å²) in [5.74, 6) is -7.48. The van der Waals surface area contributed by atoms with E-state index in [4.69, 9.17) is 5.73 Å². The molecular formula is C57H78N10O13S. The average molecular weight is 1140 g/mol. The van der Waals surface area contributed by atoms with Gasteiger partial charge in [0.25, 0.3) is 0 Å². The molecule has 2 heterocycles. The SMILES string of the molecule is CSCC[C@H](NC(=O)[C@@H]1CCCN1C(=O)[C@H](CO)NC(=O)[C@H](Cc1ccccc1)NC(=O)[C@H](Cc1ccccc1)NC(=O)CNC(=O)[C@@H]1CCCN1C(=O)[C@H](Cc1ccccc1)NC(=O)[C@@H](N)[C@@H](C)O)C(=O)N[C@@H](CC(C)C)C(=O)O. The van der Waals surface area contributed by atoms with Crippen LogP contribution in [0.25, 0.3) is 0 Å². The van der Waals surface area contributed by atoms with E-state index in [0.29, 0.717) is 35.3 Å². The molecule has 440 valence electrons. The standard InChI is InChI=1S/C57H78N10O13S/c1-34(2)28-43(57(79)80)64-49(71)39(24-27-81-4)61-53(75)46-23-15-26-67(46)56(78)44(33-68)65-51(73)41(30-37-18-10-6-11-19-37)62-50(72)40(29-36-16-8-5-9-17-36)60-47(70)32-59-52(74)45-22-14-25-66(45)55(77)42(31-38-20-12-7-13-21-38)63-54(76)48(58)35(3)69/h5-13,16-21,34-35,39-46,48,68-69H,14-15,22-33,58H2,1-4H3,(H,59,74)(H,60,70)(H,61,75)(H,62,72)(H,63,76)(H,64,71)(H,65,73)(H,79,80)/t35-,39+,40+,41+,42+,43+,44+,45+,46+,48+/m1/s1. The van der Waals surface area contributed by atoms with Gasteiger partial charge in [0.1, 0.15) is 54.4 Å². The van der Waals surface area contributed by atoms with E-state index >= 15 is 0 Å². The summed E-state index contributed by atoms with van der Waals surface area (Å²) in [6.45, 7) is 3.69. The molecule has 9 amide bonds. The number of hydrogen-bond acceptors (Lipinski definition) is 14. The maximum atomic E-state index is 14.4. The van der Waals surface area contributed by atoms with E-state index in [9.17, 15) is 63.3 Å². The number of benzene rings is 3. The molecule has 0 bridgehead atoms. The third-order valence-electron chi connectivity index (χ3n) is 14.0. The Kier molecular flexibility index (Phi) is 25.6. The van der Waals surface area contributed by atoms with Crippen molar-refractivity contribution < 1.29 is 63.3 Å². The van der Waals surface area contributed by atoms with Gasteiger partial charge >= 0.3 is 5.97 Å². The molecule has 2 saturated heterocycles. The molecule has 0 radical (unpaired) electrons. The van der Waals surface area contributed by atoms with Gasteiger partial charge in [0, 0.05) is 32.4 Å². The number of carboxylic acid groups (broad SMARTS) is 1. The van der Waals surface area contributed by atoms with E-state index in [0.717, 1.165) is 0 Å². The van der Waals surface area contributed by atoms with E-state index in [1.54, 1.807) is 91.0 Å². The number of aliphatic carboxylic acids is 1. The van der Waals surface area contributed by atoms with Crippen LogP contribution in [-0.2, 0) is 67.2 Å². The number of rotatable bonds is 30. The summed E-state index contributed by atoms with van der Waals surface area (Å²) in [5.41, 5.74) is 7.83. The minimum atomic E-state index is -1.60. The van der Waals surface area contributed by atoms with Crippen molar-refractivity contribution in [2.75, 3.05) is 38.2 Å². The Labute approximate surface area is 476 Å². The van der Waals surface area contributed by atoms with Crippen molar-refractivity contribution in [1.82, 2.24) is 47.0 Å². The quantitative estimate of drug-likeness (QED) is 0.0394. The highest BCUT2D eigenvalue weighted by Gasteiger charge is 2.41. The van der Waals surface area contributed by atoms with Crippen molar-refractivity contribution in [3.63, 3.8) is 0 Å². The zero-order chi connectivity index (χ0) is 59.2. The third kappa shape index (κ3) is 19.7. The lowest BCUT2D eigenvalue weighted by Crippen LogP contribution is -2.60. The Hall–Kier alpha value is -7.41. The number of thioether (sulfide) groups is 1. The third-order valence-corrected chi connectivity index (χ3v) is 14.7. The van der Waals surface area contributed by atoms with Crippen LogP contribution >= 0.6 is 11.8 Å². The van der Waals surface area contributed by atoms with Crippen LogP contribution in [0.4, 0.5) is 0 Å². The van der Waals surface area contributed by atoms with Crippen molar-refractivity contribution in [1.29, 1.82) is 0 Å². The number of nitrogens with zero attached hydrogens (tertiary/aromatic N) is 2. The molecule has 10 atom stereocenters. The highest BCUT2D eigenvalue weighted by atomic mass is 32.2. The molecule has 0 unspecified atom stereocenters. The number of nitrogens with one attached hydrogen (secondary N) is 7. The Morgan fingerprint density at radius 3 is 1.48 bits per heavy atom. The molecule has 12 N–H and O–H groups in total. The molecule has 5 rings (SSSR count). The van der Waals surface area contributed by atoms with Crippen molar-refractivity contribution >= 4 is 70.9 Å². The molecule has 0 aromatic heterocycles. The normalized spacial score (nSPS) is 17.9. The van der Waals surface area contributed by atoms with Gasteiger partial charge in [0.05, 0.1) is 19.3 Å². The van der Waals surface area contributed by atoms with Gasteiger partial charge < -0.3 is 68.1 Å². The van der Waals surface area contributed by atoms with Gasteiger partial charge in [-0.25, -0.2) is 4.79 Å². The zero-order valence-electron chi connectivity index (χ0n) is 46.2. The molecule has 3 aromatic rings. The first-order valence-electron chi connectivity index (χ1n) is 27.3. The number of aliphatic hydroxyl groups is 2. The van der Waals surface area contributed by atoms with Crippen LogP contribution in [0, 0.1) is 5.92 Å². The fourth-order valence-corrected chi connectivity index (χ4v) is 10.1. The molecule has 2 aliphatic rings. The predicted molar refractivity (Wildman–Crippen MR) is 301 cm³/mol. The highest BCUT2D eigenvalue weighted by Crippen LogP contribution is 2.22. The number of carbonyl (C=O) groups is 10. The number of carboxylic acids is 1. The first kappa shape index (κ1) is 64.4. The van der Waals surface area contributed by atoms with Crippen LogP contribution in [-0.4, -0.2) is 183 Å². The average Bonchev–Trinajstić information content (AvgIpc) is 4.34. The van der Waals surface area contributed by atoms with Crippen LogP contribution in [0.2, 0.25) is 0 Å². The van der Waals surface area contributed by atoms with E-state index < -0.39 is 133 Å². The Morgan fingerprint density at radius 2 is 1.01 bits per heavy atom. The van der Waals surface area contributed by atoms with E-state index in [2.05, 4.69) is 37.2 Å². The van der Waals surface area contributed by atoms with Gasteiger partial charge in [-0.05, 0) is 80.1 Å². The van der Waals surface area contributed by atoms with Gasteiger partial charge in [-0.1, -0.05) is 105 Å². The maximum absolute atomic E-state index is 14.4. The maximum Gasteiger partial charge on any atom is 0.326 e. The molecule has 0 spiro atoms. The van der Waals surface area contributed by atoms with Crippen molar-refractivity contribution in [3.05, 3.63) is 108 Å². The fourth-order valence-electron chi connectivity index (χ4n) is 9.66. The summed E-state index contributed by atoms with van der Waals surface area (Å²) in [4.78, 5) is 140. The second kappa shape index (κ2) is 32.1. The van der Waals surface area contributed by atoms with Gasteiger partial charge in [0.2, 0.25) is 53.2 Å². The lowest BCUT2D eigenvalue weighted by Gasteiger charge is -2.30. The monoisotopic (exact) mass is 1140 g/mol. The van der Waals surface area contributed by atoms with Crippen molar-refractivity contribution in [2.45, 2.75) is 139 Å². The topological polar surface area (TPSA) is 348 Å². The minimum absolute atomic E-state index is 0.0525. The van der Waals surface area contributed by atoms with Crippen molar-refractivity contribution in [2.24, 2.45) is 11.7 Å². The summed E-state index contributed by atoms with van der Waals surface area (Å²) in [7, 11) is 0. The number of hydrogen-bond donors (Lipinski definition) is 11. The first-order valence-corrected chi connectivity index (χ1v) is 28.7. The molecule has 2 fully saturated rings. The Bertz CT molecular complexity index is 2620. The molecular weight excluding hydrogens is 1060 g/mol. The highest BCUT2D eigenvalue weighted by molar-refractivity contribution is 7.98. The largest absolute Gasteiger partial charge is 0.480 e. The van der Waals surface area contributed by atoms with Gasteiger partial charge in [-0.3, -0.25) is 43.2 Å². The van der Waals surface area contributed by atoms with E-state index in [1.165, 1.54) is 28.5 Å². The summed E-state index contributed by atoms with van der Waals surface area (Å²) in [6, 6.07) is 14.9. The lowest BCUT2D eigenvalue weighted by molar-refractivity contribution is -0.144. The summed E-state index contributed by atoms with van der Waals surface area (Å²) >= 11 is 1.42. The van der Waals surface area contributed by atoms with Crippen LogP contribution in [0.15, 0.2) is 91.0 Å². The fraction of sp³-hybridized carbons (Fsp3) is 0.509. The number of likely N-dealkylation sites (tertiary alicyclic amines) is 2. The van der Waals surface area contributed by atoms with Gasteiger partial charge in [0.15, 0.2) is 0 Å². The second-order valence-corrected chi connectivity index (χ2v) is 21.8. The molecule has 0 aliphatic carbocycles. The van der Waals surface area contributed by atoms with Crippen LogP contribution in [0.5, 0.6) is 0 Å². The lowest BCUT2D eigenvalue weighted by atomic mass is 10.0. The predicted octanol–water partition coefficient (Wildman–Crippen LogP) is -0.694. The molecule has 23 nitrogen and oxygen atoms in total. The minimum Gasteiger partial charge on any atom is -0.480 e. The van der Waals surface area contributed by atoms with Crippen LogP contribution < -0.4 is 43.0 Å². The van der Waals surface area contributed by atoms with Gasteiger partial charge in [-0.2, -0.15) is 11.8 Å². The number of aliphatic hydroxyl groups excluding tert-OH is 2. The van der Waals surface area contributed by atoms with Crippen LogP contribution in [0.3, 0.4) is 0 Å².